The maximum Gasteiger partial charge on any atom is 0.331 e. The molecule has 25 heavy (non-hydrogen) atoms. The maximum absolute atomic E-state index is 11.2. The van der Waals surface area contributed by atoms with Crippen molar-refractivity contribution in [2.24, 2.45) is 0 Å². The summed E-state index contributed by atoms with van der Waals surface area (Å²) in [5, 5.41) is 8.38. The van der Waals surface area contributed by atoms with Gasteiger partial charge in [0.05, 0.1) is 32.2 Å². The second-order valence-corrected chi connectivity index (χ2v) is 5.89. The normalized spacial score (nSPS) is 28.0. The van der Waals surface area contributed by atoms with Gasteiger partial charge in [-0.3, -0.25) is 4.98 Å². The van der Waals surface area contributed by atoms with E-state index in [4.69, 9.17) is 14.2 Å². The lowest BCUT2D eigenvalue weighted by Crippen LogP contribution is -2.33. The zero-order valence-corrected chi connectivity index (χ0v) is 13.6. The van der Waals surface area contributed by atoms with E-state index < -0.39 is 5.97 Å². The van der Waals surface area contributed by atoms with Crippen molar-refractivity contribution in [1.82, 2.24) is 20.0 Å². The van der Waals surface area contributed by atoms with Gasteiger partial charge in [-0.1, -0.05) is 11.3 Å². The Hall–Kier alpha value is -2.36. The first-order chi connectivity index (χ1) is 12.3. The Bertz CT molecular complexity index is 737. The minimum Gasteiger partial charge on any atom is -0.467 e. The van der Waals surface area contributed by atoms with E-state index in [0.717, 1.165) is 5.69 Å². The predicted octanol–water partition coefficient (Wildman–Crippen LogP) is 0.237. The number of carbonyl (C=O) groups excluding carboxylic acids is 1. The summed E-state index contributed by atoms with van der Waals surface area (Å²) in [6.07, 6.45) is 2.82. The smallest absolute Gasteiger partial charge is 0.331 e. The van der Waals surface area contributed by atoms with Crippen molar-refractivity contribution < 1.29 is 23.7 Å². The zero-order chi connectivity index (χ0) is 17.2. The van der Waals surface area contributed by atoms with E-state index in [2.05, 4.69) is 20.0 Å². The molecule has 2 aromatic rings. The molecule has 2 aliphatic rings. The molecule has 9 heteroatoms. The molecule has 0 aliphatic carbocycles. The van der Waals surface area contributed by atoms with Crippen LogP contribution in [-0.2, 0) is 23.7 Å². The molecule has 0 spiro atoms. The van der Waals surface area contributed by atoms with E-state index in [9.17, 15) is 4.79 Å². The third-order valence-electron chi connectivity index (χ3n) is 4.40. The highest BCUT2D eigenvalue weighted by Gasteiger charge is 2.49. The van der Waals surface area contributed by atoms with Gasteiger partial charge in [-0.25, -0.2) is 9.48 Å². The average molecular weight is 346 g/mol. The summed E-state index contributed by atoms with van der Waals surface area (Å²) >= 11 is 0. The second-order valence-electron chi connectivity index (χ2n) is 5.89. The number of rotatable bonds is 5. The number of nitrogens with zero attached hydrogens (tertiary/aromatic N) is 4. The molecule has 0 saturated carbocycles. The number of ether oxygens (including phenoxy) is 4. The van der Waals surface area contributed by atoms with Gasteiger partial charge in [-0.15, -0.1) is 5.10 Å². The molecule has 2 aliphatic heterocycles. The molecule has 0 bridgehead atoms. The number of esters is 1. The summed E-state index contributed by atoms with van der Waals surface area (Å²) < 4.78 is 23.5. The Labute approximate surface area is 143 Å². The largest absolute Gasteiger partial charge is 0.467 e. The number of hydrogen-bond donors (Lipinski definition) is 0. The average Bonchev–Trinajstić information content (AvgIpc) is 3.36. The first kappa shape index (κ1) is 16.1. The Morgan fingerprint density at radius 1 is 1.28 bits per heavy atom. The monoisotopic (exact) mass is 346 g/mol. The molecular weight excluding hydrogens is 328 g/mol. The van der Waals surface area contributed by atoms with Gasteiger partial charge in [0.2, 0.25) is 0 Å². The molecular formula is C16H18N4O5. The summed E-state index contributed by atoms with van der Waals surface area (Å²) in [6, 6.07) is 5.54. The Morgan fingerprint density at radius 2 is 2.16 bits per heavy atom. The number of fused-ring (bicyclic) bond motifs is 1. The van der Waals surface area contributed by atoms with Crippen molar-refractivity contribution >= 4 is 5.97 Å². The van der Waals surface area contributed by atoms with Crippen LogP contribution in [-0.4, -0.2) is 71.2 Å². The third-order valence-corrected chi connectivity index (χ3v) is 4.40. The number of pyridine rings is 1. The Balaban J connectivity index is 1.44. The van der Waals surface area contributed by atoms with Gasteiger partial charge in [0, 0.05) is 6.20 Å². The SMILES string of the molecule is COC(=O)CO[C@@H]1CO[C@H]2[C@@H]1OC[C@@H]2n1cc(-c2ccccn2)nn1. The minimum absolute atomic E-state index is 0.0957. The van der Waals surface area contributed by atoms with Crippen LogP contribution in [0.4, 0.5) is 0 Å². The molecule has 4 atom stereocenters. The number of carbonyl (C=O) groups is 1. The molecule has 0 aromatic carbocycles. The highest BCUT2D eigenvalue weighted by molar-refractivity contribution is 5.70. The Kier molecular flexibility index (Phi) is 4.43. The van der Waals surface area contributed by atoms with Crippen LogP contribution < -0.4 is 0 Å². The van der Waals surface area contributed by atoms with Crippen LogP contribution in [0.15, 0.2) is 30.6 Å². The van der Waals surface area contributed by atoms with E-state index >= 15 is 0 Å². The van der Waals surface area contributed by atoms with Crippen LogP contribution in [0.5, 0.6) is 0 Å². The molecule has 4 heterocycles. The van der Waals surface area contributed by atoms with Crippen molar-refractivity contribution in [1.29, 1.82) is 0 Å². The van der Waals surface area contributed by atoms with E-state index in [0.29, 0.717) is 18.9 Å². The van der Waals surface area contributed by atoms with Gasteiger partial charge in [0.25, 0.3) is 0 Å². The number of methoxy groups -OCH3 is 1. The third kappa shape index (κ3) is 3.13. The fourth-order valence-corrected chi connectivity index (χ4v) is 3.12. The van der Waals surface area contributed by atoms with Crippen molar-refractivity contribution in [3.8, 4) is 11.4 Å². The van der Waals surface area contributed by atoms with Crippen LogP contribution in [0.2, 0.25) is 0 Å². The Morgan fingerprint density at radius 3 is 2.96 bits per heavy atom. The predicted molar refractivity (Wildman–Crippen MR) is 83.5 cm³/mol. The van der Waals surface area contributed by atoms with Crippen LogP contribution in [0.3, 0.4) is 0 Å². The number of hydrogen-bond acceptors (Lipinski definition) is 8. The van der Waals surface area contributed by atoms with Gasteiger partial charge < -0.3 is 18.9 Å². The molecule has 2 saturated heterocycles. The fourth-order valence-electron chi connectivity index (χ4n) is 3.12. The number of aromatic nitrogens is 4. The lowest BCUT2D eigenvalue weighted by atomic mass is 10.1. The molecule has 2 aromatic heterocycles. The van der Waals surface area contributed by atoms with Crippen molar-refractivity contribution in [3.63, 3.8) is 0 Å². The molecule has 0 N–H and O–H groups in total. The zero-order valence-electron chi connectivity index (χ0n) is 13.6. The van der Waals surface area contributed by atoms with E-state index in [1.807, 2.05) is 24.4 Å². The van der Waals surface area contributed by atoms with E-state index in [1.165, 1.54) is 7.11 Å². The van der Waals surface area contributed by atoms with Crippen LogP contribution in [0.1, 0.15) is 6.04 Å². The molecule has 0 radical (unpaired) electrons. The quantitative estimate of drug-likeness (QED) is 0.710. The molecule has 4 rings (SSSR count). The maximum atomic E-state index is 11.2. The topological polar surface area (TPSA) is 97.6 Å². The van der Waals surface area contributed by atoms with E-state index in [-0.39, 0.29) is 31.0 Å². The van der Waals surface area contributed by atoms with Crippen molar-refractivity contribution in [3.05, 3.63) is 30.6 Å². The van der Waals surface area contributed by atoms with Gasteiger partial charge in [-0.05, 0) is 12.1 Å². The van der Waals surface area contributed by atoms with Gasteiger partial charge in [0.15, 0.2) is 0 Å². The highest BCUT2D eigenvalue weighted by Crippen LogP contribution is 2.35. The van der Waals surface area contributed by atoms with E-state index in [1.54, 1.807) is 10.9 Å². The summed E-state index contributed by atoms with van der Waals surface area (Å²) in [6.45, 7) is 0.692. The molecule has 0 unspecified atom stereocenters. The summed E-state index contributed by atoms with van der Waals surface area (Å²) in [7, 11) is 1.33. The molecule has 2 fully saturated rings. The summed E-state index contributed by atoms with van der Waals surface area (Å²) in [5.41, 5.74) is 1.45. The second kappa shape index (κ2) is 6.87. The standard InChI is InChI=1S/C16H18N4O5/c1-22-14(21)9-23-13-8-25-15-12(7-24-16(13)15)20-6-11(18-19-20)10-4-2-3-5-17-10/h2-6,12-13,15-16H,7-9H2,1H3/t12-,13+,15+,16+/m0/s1. The lowest BCUT2D eigenvalue weighted by molar-refractivity contribution is -0.150. The van der Waals surface area contributed by atoms with Gasteiger partial charge in [0.1, 0.15) is 36.7 Å². The summed E-state index contributed by atoms with van der Waals surface area (Å²) in [5.74, 6) is -0.422. The van der Waals surface area contributed by atoms with Crippen LogP contribution >= 0.6 is 0 Å². The first-order valence-electron chi connectivity index (χ1n) is 8.01. The summed E-state index contributed by atoms with van der Waals surface area (Å²) in [4.78, 5) is 15.5. The van der Waals surface area contributed by atoms with Crippen molar-refractivity contribution in [2.75, 3.05) is 26.9 Å². The minimum atomic E-state index is -0.422. The highest BCUT2D eigenvalue weighted by atomic mass is 16.6. The molecule has 9 nitrogen and oxygen atoms in total. The van der Waals surface area contributed by atoms with Crippen LogP contribution in [0, 0.1) is 0 Å². The fraction of sp³-hybridized carbons (Fsp3) is 0.500. The lowest BCUT2D eigenvalue weighted by Gasteiger charge is -2.16. The molecule has 132 valence electrons. The first-order valence-corrected chi connectivity index (χ1v) is 8.01. The van der Waals surface area contributed by atoms with Gasteiger partial charge >= 0.3 is 5.97 Å². The van der Waals surface area contributed by atoms with Gasteiger partial charge in [-0.2, -0.15) is 0 Å². The van der Waals surface area contributed by atoms with Crippen molar-refractivity contribution in [2.45, 2.75) is 24.4 Å². The van der Waals surface area contributed by atoms with Crippen LogP contribution in [0.25, 0.3) is 11.4 Å². The molecule has 0 amide bonds.